The Labute approximate surface area is 156 Å². The lowest BCUT2D eigenvalue weighted by atomic mass is 9.57. The molecule has 2 bridgehead atoms. The third-order valence-corrected chi connectivity index (χ3v) is 7.03. The van der Waals surface area contributed by atoms with Crippen molar-refractivity contribution < 1.29 is 37.2 Å². The van der Waals surface area contributed by atoms with Crippen LogP contribution in [0.5, 0.6) is 0 Å². The number of terminal acetylenes is 1. The molecule has 5 rings (SSSR count). The molecule has 8 atom stereocenters. The number of hydrogen-bond donors (Lipinski definition) is 0. The Balaban J connectivity index is 1.83. The van der Waals surface area contributed by atoms with E-state index in [-0.39, 0.29) is 11.8 Å². The molecule has 1 unspecified atom stereocenters. The van der Waals surface area contributed by atoms with E-state index in [1.165, 1.54) is 6.92 Å². The smallest absolute Gasteiger partial charge is 0.329 e. The topological polar surface area (TPSA) is 46.2 Å². The minimum absolute atomic E-state index is 0.0214. The Morgan fingerprint density at radius 2 is 1.85 bits per heavy atom. The van der Waals surface area contributed by atoms with E-state index >= 15 is 0 Å². The molecule has 1 spiro atoms. The number of halogens is 3. The summed E-state index contributed by atoms with van der Waals surface area (Å²) >= 11 is 0. The molecule has 0 aromatic heterocycles. The summed E-state index contributed by atoms with van der Waals surface area (Å²) in [6.45, 7) is 4.75. The summed E-state index contributed by atoms with van der Waals surface area (Å²) in [7, 11) is 0. The number of fused-ring (bicyclic) bond motifs is 2. The molecule has 0 amide bonds. The Hall–Kier alpha value is -0.850. The highest BCUT2D eigenvalue weighted by molar-refractivity contribution is 5.12. The van der Waals surface area contributed by atoms with Crippen LogP contribution in [-0.4, -0.2) is 36.2 Å². The molecule has 0 aromatic carbocycles. The fourth-order valence-corrected chi connectivity index (χ4v) is 5.64. The maximum absolute atomic E-state index is 14.2. The zero-order valence-corrected chi connectivity index (χ0v) is 15.7. The van der Waals surface area contributed by atoms with Gasteiger partial charge in [0.15, 0.2) is 11.9 Å². The molecule has 27 heavy (non-hydrogen) atoms. The summed E-state index contributed by atoms with van der Waals surface area (Å²) in [4.78, 5) is 11.5. The van der Waals surface area contributed by atoms with Crippen molar-refractivity contribution in [2.75, 3.05) is 6.61 Å². The molecule has 8 heteroatoms. The second kappa shape index (κ2) is 6.07. The van der Waals surface area contributed by atoms with Gasteiger partial charge >= 0.3 is 6.18 Å². The summed E-state index contributed by atoms with van der Waals surface area (Å²) in [6.07, 6.45) is 1.76. The first-order chi connectivity index (χ1) is 12.6. The standard InChI is InChI=1S/C19H25F3O5/c1-5-10-23-18(19(20,21)22)12(3)14-7-6-11(2)13-8-9-16(4)24-15(25-18)17(13,14)27-26-16/h1,11-15H,6-10H2,2-4H3/t11-,12-,13?,14+,15+,16+,17-,18-/m1/s1. The maximum Gasteiger partial charge on any atom is 0.443 e. The molecule has 4 heterocycles. The highest BCUT2D eigenvalue weighted by atomic mass is 19.4. The Morgan fingerprint density at radius 1 is 1.11 bits per heavy atom. The largest absolute Gasteiger partial charge is 0.443 e. The summed E-state index contributed by atoms with van der Waals surface area (Å²) in [5.74, 6) is -3.16. The van der Waals surface area contributed by atoms with Crippen LogP contribution in [0.1, 0.15) is 46.5 Å². The van der Waals surface area contributed by atoms with Crippen molar-refractivity contribution in [1.29, 1.82) is 0 Å². The molecule has 1 aliphatic carbocycles. The van der Waals surface area contributed by atoms with Gasteiger partial charge in [-0.2, -0.15) is 13.2 Å². The third kappa shape index (κ3) is 2.52. The van der Waals surface area contributed by atoms with Crippen LogP contribution in [0.25, 0.3) is 0 Å². The molecule has 0 radical (unpaired) electrons. The van der Waals surface area contributed by atoms with Gasteiger partial charge in [-0.25, -0.2) is 9.78 Å². The molecule has 4 saturated heterocycles. The van der Waals surface area contributed by atoms with E-state index in [1.54, 1.807) is 6.92 Å². The molecule has 5 fully saturated rings. The molecule has 5 aliphatic rings. The van der Waals surface area contributed by atoms with E-state index in [0.29, 0.717) is 12.8 Å². The van der Waals surface area contributed by atoms with Crippen molar-refractivity contribution in [2.45, 2.75) is 76.1 Å². The summed E-state index contributed by atoms with van der Waals surface area (Å²) < 4.78 is 59.4. The zero-order chi connectivity index (χ0) is 19.7. The Morgan fingerprint density at radius 3 is 2.52 bits per heavy atom. The molecule has 4 aliphatic heterocycles. The first-order valence-electron chi connectivity index (χ1n) is 9.46. The lowest BCUT2D eigenvalue weighted by Gasteiger charge is -2.62. The molecule has 5 nitrogen and oxygen atoms in total. The van der Waals surface area contributed by atoms with Crippen molar-refractivity contribution in [3.63, 3.8) is 0 Å². The molecule has 0 N–H and O–H groups in total. The van der Waals surface area contributed by atoms with Crippen LogP contribution >= 0.6 is 0 Å². The minimum Gasteiger partial charge on any atom is -0.329 e. The lowest BCUT2D eigenvalue weighted by Crippen LogP contribution is -2.76. The van der Waals surface area contributed by atoms with Crippen LogP contribution in [0.4, 0.5) is 13.2 Å². The fourth-order valence-electron chi connectivity index (χ4n) is 5.64. The average Bonchev–Trinajstić information content (AvgIpc) is 2.82. The van der Waals surface area contributed by atoms with E-state index in [2.05, 4.69) is 12.8 Å². The highest BCUT2D eigenvalue weighted by Crippen LogP contribution is 2.64. The third-order valence-electron chi connectivity index (χ3n) is 7.03. The predicted molar refractivity (Wildman–Crippen MR) is 86.6 cm³/mol. The van der Waals surface area contributed by atoms with Gasteiger partial charge in [0.05, 0.1) is 0 Å². The first-order valence-corrected chi connectivity index (χ1v) is 9.46. The van der Waals surface area contributed by atoms with Crippen LogP contribution in [0, 0.1) is 36.0 Å². The number of hydrogen-bond acceptors (Lipinski definition) is 5. The summed E-state index contributed by atoms with van der Waals surface area (Å²) in [5.41, 5.74) is -1.08. The van der Waals surface area contributed by atoms with Crippen molar-refractivity contribution >= 4 is 0 Å². The van der Waals surface area contributed by atoms with Gasteiger partial charge in [-0.15, -0.1) is 6.42 Å². The second-order valence-corrected chi connectivity index (χ2v) is 8.47. The first kappa shape index (κ1) is 19.5. The number of alkyl halides is 3. The van der Waals surface area contributed by atoms with Crippen molar-refractivity contribution in [3.8, 4) is 12.3 Å². The maximum atomic E-state index is 14.2. The van der Waals surface area contributed by atoms with Gasteiger partial charge in [0.1, 0.15) is 6.61 Å². The molecule has 0 aromatic rings. The molecular weight excluding hydrogens is 365 g/mol. The van der Waals surface area contributed by atoms with Gasteiger partial charge in [0, 0.05) is 18.3 Å². The van der Waals surface area contributed by atoms with Crippen LogP contribution in [0.2, 0.25) is 0 Å². The number of ether oxygens (including phenoxy) is 3. The van der Waals surface area contributed by atoms with Crippen LogP contribution in [0.3, 0.4) is 0 Å². The van der Waals surface area contributed by atoms with Crippen LogP contribution in [-0.2, 0) is 24.0 Å². The Kier molecular flexibility index (Phi) is 4.38. The van der Waals surface area contributed by atoms with Crippen LogP contribution < -0.4 is 0 Å². The van der Waals surface area contributed by atoms with E-state index in [0.717, 1.165) is 12.8 Å². The van der Waals surface area contributed by atoms with Gasteiger partial charge in [-0.1, -0.05) is 19.8 Å². The summed E-state index contributed by atoms with van der Waals surface area (Å²) in [6, 6.07) is 0. The lowest BCUT2D eigenvalue weighted by molar-refractivity contribution is -0.598. The fraction of sp³-hybridized carbons (Fsp3) is 0.895. The van der Waals surface area contributed by atoms with Crippen molar-refractivity contribution in [1.82, 2.24) is 0 Å². The van der Waals surface area contributed by atoms with Crippen molar-refractivity contribution in [3.05, 3.63) is 0 Å². The summed E-state index contributed by atoms with van der Waals surface area (Å²) in [5, 5.41) is 0. The van der Waals surface area contributed by atoms with E-state index < -0.39 is 48.1 Å². The second-order valence-electron chi connectivity index (χ2n) is 8.47. The monoisotopic (exact) mass is 390 g/mol. The van der Waals surface area contributed by atoms with Gasteiger partial charge in [-0.05, 0) is 38.0 Å². The zero-order valence-electron chi connectivity index (χ0n) is 15.7. The quantitative estimate of drug-likeness (QED) is 0.531. The molecule has 152 valence electrons. The normalized spacial score (nSPS) is 52.0. The van der Waals surface area contributed by atoms with Gasteiger partial charge in [0.2, 0.25) is 5.79 Å². The van der Waals surface area contributed by atoms with Gasteiger partial charge < -0.3 is 14.2 Å². The Bertz CT molecular complexity index is 648. The van der Waals surface area contributed by atoms with E-state index in [9.17, 15) is 13.2 Å². The van der Waals surface area contributed by atoms with E-state index in [4.69, 9.17) is 30.4 Å². The molecule has 1 saturated carbocycles. The van der Waals surface area contributed by atoms with Gasteiger partial charge in [0.25, 0.3) is 5.79 Å². The highest BCUT2D eigenvalue weighted by Gasteiger charge is 2.77. The SMILES string of the molecule is C#CCO[C@@]1(C(F)(F)F)O[C@@H]2O[C@]3(C)CCC4[C@H](C)CC[C@@H]([C@H]1C)[C@]42OO3. The number of rotatable bonds is 2. The van der Waals surface area contributed by atoms with Crippen molar-refractivity contribution in [2.24, 2.45) is 23.7 Å². The predicted octanol–water partition coefficient (Wildman–Crippen LogP) is 3.78. The van der Waals surface area contributed by atoms with E-state index in [1.807, 2.05) is 0 Å². The average molecular weight is 390 g/mol. The minimum atomic E-state index is -4.78. The molecular formula is C19H25F3O5. The van der Waals surface area contributed by atoms with Gasteiger partial charge in [-0.3, -0.25) is 0 Å². The van der Waals surface area contributed by atoms with Crippen LogP contribution in [0.15, 0.2) is 0 Å².